The van der Waals surface area contributed by atoms with Crippen LogP contribution in [0.4, 0.5) is 5.69 Å². The zero-order valence-corrected chi connectivity index (χ0v) is 18.4. The first-order valence-corrected chi connectivity index (χ1v) is 10.8. The molecule has 0 atom stereocenters. The van der Waals surface area contributed by atoms with Crippen molar-refractivity contribution in [3.05, 3.63) is 59.6 Å². The van der Waals surface area contributed by atoms with E-state index in [0.717, 1.165) is 48.5 Å². The number of likely N-dealkylation sites (N-methyl/N-ethyl adjacent to an activating group) is 1. The van der Waals surface area contributed by atoms with Gasteiger partial charge in [-0.05, 0) is 31.3 Å². The number of nitrogens with zero attached hydrogens (tertiary/aromatic N) is 4. The van der Waals surface area contributed by atoms with Crippen LogP contribution < -0.4 is 9.64 Å². The largest absolute Gasteiger partial charge is 0.510 e. The number of hydrogen-bond acceptors (Lipinski definition) is 6. The molecule has 0 aliphatic carbocycles. The van der Waals surface area contributed by atoms with E-state index in [9.17, 15) is 5.11 Å². The first-order chi connectivity index (χ1) is 15.5. The molecule has 0 spiro atoms. The van der Waals surface area contributed by atoms with E-state index in [0.29, 0.717) is 17.9 Å². The highest BCUT2D eigenvalue weighted by Gasteiger charge is 2.31. The van der Waals surface area contributed by atoms with Crippen LogP contribution in [0.2, 0.25) is 0 Å². The van der Waals surface area contributed by atoms with Crippen LogP contribution in [0.5, 0.6) is 5.75 Å². The lowest BCUT2D eigenvalue weighted by molar-refractivity contribution is 0.313. The number of hydrogen-bond donors (Lipinski definition) is 3. The molecule has 32 heavy (non-hydrogen) atoms. The molecule has 5 rings (SSSR count). The Balaban J connectivity index is 1.38. The summed E-state index contributed by atoms with van der Waals surface area (Å²) in [6.45, 7) is 4.84. The number of piperazine rings is 1. The van der Waals surface area contributed by atoms with E-state index in [1.807, 2.05) is 35.2 Å². The van der Waals surface area contributed by atoms with E-state index in [-0.39, 0.29) is 18.1 Å². The van der Waals surface area contributed by atoms with Gasteiger partial charge < -0.3 is 29.5 Å². The summed E-state index contributed by atoms with van der Waals surface area (Å²) >= 11 is 0. The average molecular weight is 433 g/mol. The van der Waals surface area contributed by atoms with Crippen molar-refractivity contribution < 1.29 is 9.84 Å². The Bertz CT molecular complexity index is 1190. The van der Waals surface area contributed by atoms with Crippen LogP contribution in [0.25, 0.3) is 16.6 Å². The highest BCUT2D eigenvalue weighted by atomic mass is 16.5. The molecule has 1 fully saturated rings. The normalized spacial score (nSPS) is 17.6. The number of ether oxygens (including phenoxy) is 1. The van der Waals surface area contributed by atoms with Crippen LogP contribution in [0.15, 0.2) is 48.2 Å². The van der Waals surface area contributed by atoms with Gasteiger partial charge in [0.05, 0.1) is 30.3 Å². The molecular weight excluding hydrogens is 404 g/mol. The van der Waals surface area contributed by atoms with Crippen molar-refractivity contribution in [1.82, 2.24) is 19.8 Å². The first-order valence-electron chi connectivity index (χ1n) is 10.8. The summed E-state index contributed by atoms with van der Waals surface area (Å²) < 4.78 is 5.44. The molecule has 8 nitrogen and oxygen atoms in total. The number of benzene rings is 2. The molecule has 3 aromatic rings. The molecule has 0 saturated carbocycles. The molecule has 8 heteroatoms. The molecule has 3 heterocycles. The van der Waals surface area contributed by atoms with Gasteiger partial charge in [-0.2, -0.15) is 0 Å². The number of amidine groups is 1. The predicted octanol–water partition coefficient (Wildman–Crippen LogP) is 3.09. The molecule has 1 aromatic heterocycles. The van der Waals surface area contributed by atoms with E-state index < -0.39 is 0 Å². The van der Waals surface area contributed by atoms with Crippen molar-refractivity contribution in [1.29, 1.82) is 5.41 Å². The van der Waals surface area contributed by atoms with Crippen LogP contribution in [0, 0.1) is 5.41 Å². The smallest absolute Gasteiger partial charge is 0.145 e. The van der Waals surface area contributed by atoms with Gasteiger partial charge in [0, 0.05) is 44.0 Å². The van der Waals surface area contributed by atoms with Crippen LogP contribution in [-0.2, 0) is 6.54 Å². The Labute approximate surface area is 187 Å². The van der Waals surface area contributed by atoms with Crippen molar-refractivity contribution in [2.45, 2.75) is 6.54 Å². The molecule has 0 radical (unpaired) electrons. The SMILES string of the molecule is COc1ccccc1CN1CC(O)=C(c2nc3ccc(N4CCN(C)CC4)cc3[nH]2)C1=N. The maximum atomic E-state index is 10.7. The minimum absolute atomic E-state index is 0.156. The second-order valence-electron chi connectivity index (χ2n) is 8.42. The van der Waals surface area contributed by atoms with Gasteiger partial charge in [-0.1, -0.05) is 18.2 Å². The highest BCUT2D eigenvalue weighted by molar-refractivity contribution is 6.23. The topological polar surface area (TPSA) is 91.7 Å². The number of anilines is 1. The average Bonchev–Trinajstić information content (AvgIpc) is 3.33. The number of aromatic amines is 1. The van der Waals surface area contributed by atoms with E-state index in [2.05, 4.69) is 38.9 Å². The highest BCUT2D eigenvalue weighted by Crippen LogP contribution is 2.31. The number of rotatable bonds is 5. The second-order valence-corrected chi connectivity index (χ2v) is 8.42. The zero-order valence-electron chi connectivity index (χ0n) is 18.4. The summed E-state index contributed by atoms with van der Waals surface area (Å²) in [5.41, 5.74) is 4.33. The molecule has 0 bridgehead atoms. The Hall–Kier alpha value is -3.52. The maximum absolute atomic E-state index is 10.7. The molecule has 166 valence electrons. The Morgan fingerprint density at radius 2 is 1.91 bits per heavy atom. The minimum atomic E-state index is 0.156. The molecule has 2 aliphatic rings. The van der Waals surface area contributed by atoms with Crippen molar-refractivity contribution in [3.63, 3.8) is 0 Å². The molecule has 0 amide bonds. The number of nitrogens with one attached hydrogen (secondary N) is 2. The van der Waals surface area contributed by atoms with Crippen molar-refractivity contribution >= 4 is 28.1 Å². The molecule has 0 unspecified atom stereocenters. The number of aromatic nitrogens is 2. The van der Waals surface area contributed by atoms with E-state index in [1.165, 1.54) is 5.69 Å². The summed E-state index contributed by atoms with van der Waals surface area (Å²) in [5.74, 6) is 1.71. The lowest BCUT2D eigenvalue weighted by Crippen LogP contribution is -2.44. The van der Waals surface area contributed by atoms with Crippen LogP contribution in [0.3, 0.4) is 0 Å². The van der Waals surface area contributed by atoms with Gasteiger partial charge in [-0.25, -0.2) is 4.98 Å². The van der Waals surface area contributed by atoms with Gasteiger partial charge in [0.15, 0.2) is 0 Å². The Kier molecular flexibility index (Phi) is 5.22. The molecule has 2 aliphatic heterocycles. The van der Waals surface area contributed by atoms with Crippen LogP contribution in [0.1, 0.15) is 11.4 Å². The van der Waals surface area contributed by atoms with Crippen molar-refractivity contribution in [2.24, 2.45) is 0 Å². The third kappa shape index (κ3) is 3.67. The number of aliphatic hydroxyl groups is 1. The Morgan fingerprint density at radius 1 is 1.12 bits per heavy atom. The van der Waals surface area contributed by atoms with Crippen LogP contribution >= 0.6 is 0 Å². The summed E-state index contributed by atoms with van der Waals surface area (Å²) in [6.07, 6.45) is 0. The lowest BCUT2D eigenvalue weighted by Gasteiger charge is -2.34. The standard InChI is InChI=1S/C24H28N6O2/c1-28-9-11-29(12-10-28)17-7-8-18-19(13-17)27-24(26-18)22-20(31)15-30(23(22)25)14-16-5-3-4-6-21(16)32-2/h3-8,13,25,31H,9-12,14-15H2,1-2H3,(H,26,27). The van der Waals surface area contributed by atoms with Gasteiger partial charge in [-0.3, -0.25) is 5.41 Å². The van der Waals surface area contributed by atoms with E-state index in [1.54, 1.807) is 7.11 Å². The van der Waals surface area contributed by atoms with E-state index in [4.69, 9.17) is 10.1 Å². The zero-order chi connectivity index (χ0) is 22.2. The third-order valence-corrected chi connectivity index (χ3v) is 6.31. The fourth-order valence-electron chi connectivity index (χ4n) is 4.43. The molecule has 2 aromatic carbocycles. The van der Waals surface area contributed by atoms with Gasteiger partial charge in [0.25, 0.3) is 0 Å². The monoisotopic (exact) mass is 432 g/mol. The predicted molar refractivity (Wildman–Crippen MR) is 126 cm³/mol. The fraction of sp³-hybridized carbons (Fsp3) is 0.333. The maximum Gasteiger partial charge on any atom is 0.145 e. The van der Waals surface area contributed by atoms with Crippen molar-refractivity contribution in [2.75, 3.05) is 51.8 Å². The lowest BCUT2D eigenvalue weighted by atomic mass is 10.2. The van der Waals surface area contributed by atoms with Crippen molar-refractivity contribution in [3.8, 4) is 5.75 Å². The molecular formula is C24H28N6O2. The van der Waals surface area contributed by atoms with Crippen LogP contribution in [-0.4, -0.2) is 77.6 Å². The van der Waals surface area contributed by atoms with E-state index >= 15 is 0 Å². The number of para-hydroxylation sites is 1. The molecule has 3 N–H and O–H groups in total. The summed E-state index contributed by atoms with van der Waals surface area (Å²) in [7, 11) is 3.79. The van der Waals surface area contributed by atoms with Gasteiger partial charge >= 0.3 is 0 Å². The quantitative estimate of drug-likeness (QED) is 0.574. The Morgan fingerprint density at radius 3 is 2.69 bits per heavy atom. The second kappa shape index (κ2) is 8.20. The van der Waals surface area contributed by atoms with Gasteiger partial charge in [0.1, 0.15) is 23.2 Å². The fourth-order valence-corrected chi connectivity index (χ4v) is 4.43. The summed E-state index contributed by atoms with van der Waals surface area (Å²) in [6, 6.07) is 14.0. The number of fused-ring (bicyclic) bond motifs is 1. The molecule has 1 saturated heterocycles. The number of H-pyrrole nitrogens is 1. The summed E-state index contributed by atoms with van der Waals surface area (Å²) in [5, 5.41) is 19.4. The van der Waals surface area contributed by atoms with Gasteiger partial charge in [0.2, 0.25) is 0 Å². The van der Waals surface area contributed by atoms with Gasteiger partial charge in [-0.15, -0.1) is 0 Å². The number of imidazole rings is 1. The summed E-state index contributed by atoms with van der Waals surface area (Å²) in [4.78, 5) is 14.5. The minimum Gasteiger partial charge on any atom is -0.510 e. The first kappa shape index (κ1) is 20.4. The number of aliphatic hydroxyl groups excluding tert-OH is 1. The number of methoxy groups -OCH3 is 1. The third-order valence-electron chi connectivity index (χ3n) is 6.31.